The van der Waals surface area contributed by atoms with Crippen LogP contribution >= 0.6 is 15.6 Å². The van der Waals surface area contributed by atoms with E-state index in [2.05, 4.69) is 76.3 Å². The Kier molecular flexibility index (Phi) is 66.4. The Bertz CT molecular complexity index is 1980. The third kappa shape index (κ3) is 67.6. The van der Waals surface area contributed by atoms with Crippen LogP contribution in [0.15, 0.2) is 48.6 Å². The fourth-order valence-electron chi connectivity index (χ4n) is 10.4. The summed E-state index contributed by atoms with van der Waals surface area (Å²) in [5.74, 6) is -2.18. The lowest BCUT2D eigenvalue weighted by molar-refractivity contribution is -0.161. The Morgan fingerprint density at radius 3 is 0.809 bits per heavy atom. The predicted molar refractivity (Wildman–Crippen MR) is 381 cm³/mol. The van der Waals surface area contributed by atoms with Gasteiger partial charge < -0.3 is 33.8 Å². The molecule has 0 aromatic carbocycles. The number of phosphoric ester groups is 2. The van der Waals surface area contributed by atoms with Crippen molar-refractivity contribution in [3.05, 3.63) is 48.6 Å². The first-order chi connectivity index (χ1) is 45.7. The van der Waals surface area contributed by atoms with Gasteiger partial charge in [-0.2, -0.15) is 0 Å². The van der Waals surface area contributed by atoms with Crippen LogP contribution in [0, 0.1) is 0 Å². The number of phosphoric acid groups is 2. The lowest BCUT2D eigenvalue weighted by Crippen LogP contribution is -2.30. The number of hydrogen-bond donors (Lipinski definition) is 3. The van der Waals surface area contributed by atoms with Crippen LogP contribution in [-0.2, 0) is 65.4 Å². The molecule has 0 spiro atoms. The van der Waals surface area contributed by atoms with Gasteiger partial charge >= 0.3 is 39.5 Å². The number of rotatable bonds is 72. The smallest absolute Gasteiger partial charge is 0.462 e. The molecule has 3 N–H and O–H groups in total. The molecule has 94 heavy (non-hydrogen) atoms. The maximum Gasteiger partial charge on any atom is 0.472 e. The van der Waals surface area contributed by atoms with Crippen molar-refractivity contribution in [2.75, 3.05) is 39.6 Å². The molecular formula is C75H138O17P2. The summed E-state index contributed by atoms with van der Waals surface area (Å²) in [7, 11) is -9.93. The first kappa shape index (κ1) is 91.0. The summed E-state index contributed by atoms with van der Waals surface area (Å²) in [6, 6.07) is 0. The molecule has 0 aliphatic carbocycles. The number of unbranched alkanes of at least 4 members (excludes halogenated alkanes) is 39. The van der Waals surface area contributed by atoms with Gasteiger partial charge in [0.2, 0.25) is 0 Å². The summed E-state index contributed by atoms with van der Waals surface area (Å²) in [4.78, 5) is 72.7. The molecule has 0 saturated heterocycles. The zero-order valence-electron chi connectivity index (χ0n) is 59.9. The van der Waals surface area contributed by atoms with Gasteiger partial charge in [0, 0.05) is 25.7 Å². The lowest BCUT2D eigenvalue weighted by Gasteiger charge is -2.21. The topological polar surface area (TPSA) is 237 Å². The highest BCUT2D eigenvalue weighted by atomic mass is 31.2. The van der Waals surface area contributed by atoms with Crippen molar-refractivity contribution in [1.82, 2.24) is 0 Å². The Morgan fingerprint density at radius 1 is 0.298 bits per heavy atom. The fraction of sp³-hybridized carbons (Fsp3) is 0.840. The predicted octanol–water partition coefficient (Wildman–Crippen LogP) is 21.3. The fourth-order valence-corrected chi connectivity index (χ4v) is 12.0. The van der Waals surface area contributed by atoms with Crippen LogP contribution in [0.2, 0.25) is 0 Å². The molecule has 0 bridgehead atoms. The molecule has 0 aromatic heterocycles. The Labute approximate surface area is 572 Å². The molecule has 17 nitrogen and oxygen atoms in total. The molecule has 550 valence electrons. The summed E-state index contributed by atoms with van der Waals surface area (Å²) < 4.78 is 68.4. The zero-order chi connectivity index (χ0) is 69.0. The van der Waals surface area contributed by atoms with E-state index in [1.807, 2.05) is 0 Å². The van der Waals surface area contributed by atoms with Gasteiger partial charge in [-0.05, 0) is 103 Å². The Balaban J connectivity index is 5.32. The average molecular weight is 1370 g/mol. The van der Waals surface area contributed by atoms with E-state index >= 15 is 0 Å². The second-order valence-corrected chi connectivity index (χ2v) is 28.5. The standard InChI is InChI=1S/C75H138O17P2/c1-5-9-13-17-21-25-29-33-34-38-40-44-48-52-56-60-73(78)86-66-71(92-75(80)62-58-54-50-46-42-37-32-28-24-20-16-12-8-4)68-90-94(83,84)88-64-69(76)63-87-93(81,82)89-67-70(91-74(79)61-57-53-49-45-41-36-31-27-23-19-15-11-7-3)65-85-72(77)59-55-51-47-43-39-35-30-26-22-18-14-10-6-2/h25-26,28-30,32-34,69-71,76H,5-24,27,31,35-68H2,1-4H3,(H,81,82)(H,83,84)/b29-25-,30-26-,32-28-,34-33-/t69-,70-,71-/m1/s1. The van der Waals surface area contributed by atoms with Crippen molar-refractivity contribution < 1.29 is 80.2 Å². The van der Waals surface area contributed by atoms with Gasteiger partial charge in [-0.25, -0.2) is 9.13 Å². The van der Waals surface area contributed by atoms with Crippen molar-refractivity contribution in [3.8, 4) is 0 Å². The first-order valence-corrected chi connectivity index (χ1v) is 40.9. The van der Waals surface area contributed by atoms with E-state index in [1.54, 1.807) is 0 Å². The molecule has 0 aliphatic rings. The molecule has 19 heteroatoms. The molecule has 0 amide bonds. The number of carbonyl (C=O) groups is 4. The van der Waals surface area contributed by atoms with Crippen LogP contribution in [0.25, 0.3) is 0 Å². The summed E-state index contributed by atoms with van der Waals surface area (Å²) in [6.07, 6.45) is 63.8. The van der Waals surface area contributed by atoms with Gasteiger partial charge in [0.05, 0.1) is 26.4 Å². The number of hydrogen-bond acceptors (Lipinski definition) is 15. The van der Waals surface area contributed by atoms with E-state index in [-0.39, 0.29) is 25.7 Å². The number of allylic oxidation sites excluding steroid dienone is 8. The van der Waals surface area contributed by atoms with Crippen LogP contribution in [0.1, 0.15) is 349 Å². The van der Waals surface area contributed by atoms with E-state index in [1.165, 1.54) is 128 Å². The van der Waals surface area contributed by atoms with Crippen molar-refractivity contribution >= 4 is 39.5 Å². The summed E-state index contributed by atoms with van der Waals surface area (Å²) >= 11 is 0. The number of esters is 4. The molecule has 5 atom stereocenters. The molecular weight excluding hydrogens is 1230 g/mol. The van der Waals surface area contributed by atoms with Crippen molar-refractivity contribution in [1.29, 1.82) is 0 Å². The number of ether oxygens (including phenoxy) is 4. The van der Waals surface area contributed by atoms with Crippen LogP contribution in [0.3, 0.4) is 0 Å². The van der Waals surface area contributed by atoms with E-state index in [0.717, 1.165) is 141 Å². The highest BCUT2D eigenvalue weighted by Gasteiger charge is 2.30. The number of carbonyl (C=O) groups excluding carboxylic acids is 4. The normalized spacial score (nSPS) is 14.2. The highest BCUT2D eigenvalue weighted by Crippen LogP contribution is 2.45. The van der Waals surface area contributed by atoms with Gasteiger partial charge in [-0.15, -0.1) is 0 Å². The maximum atomic E-state index is 13.0. The minimum Gasteiger partial charge on any atom is -0.462 e. The highest BCUT2D eigenvalue weighted by molar-refractivity contribution is 7.47. The van der Waals surface area contributed by atoms with Crippen molar-refractivity contribution in [2.45, 2.75) is 367 Å². The van der Waals surface area contributed by atoms with E-state index < -0.39 is 97.5 Å². The quantitative estimate of drug-likeness (QED) is 0.0128. The summed E-state index contributed by atoms with van der Waals surface area (Å²) in [6.45, 7) is 4.84. The molecule has 0 rings (SSSR count). The second-order valence-electron chi connectivity index (χ2n) is 25.6. The molecule has 0 heterocycles. The minimum atomic E-state index is -4.97. The van der Waals surface area contributed by atoms with Crippen molar-refractivity contribution in [3.63, 3.8) is 0 Å². The number of aliphatic hydroxyl groups is 1. The number of aliphatic hydroxyl groups excluding tert-OH is 1. The molecule has 0 aromatic rings. The minimum absolute atomic E-state index is 0.0860. The molecule has 0 radical (unpaired) electrons. The average Bonchev–Trinajstić information content (AvgIpc) is 1.67. The largest absolute Gasteiger partial charge is 0.472 e. The van der Waals surface area contributed by atoms with E-state index in [9.17, 15) is 43.2 Å². The molecule has 0 aliphatic heterocycles. The second kappa shape index (κ2) is 68.5. The lowest BCUT2D eigenvalue weighted by atomic mass is 10.0. The van der Waals surface area contributed by atoms with Gasteiger partial charge in [0.15, 0.2) is 12.2 Å². The third-order valence-electron chi connectivity index (χ3n) is 16.3. The third-order valence-corrected chi connectivity index (χ3v) is 18.2. The summed E-state index contributed by atoms with van der Waals surface area (Å²) in [5.41, 5.74) is 0. The van der Waals surface area contributed by atoms with Crippen LogP contribution in [0.5, 0.6) is 0 Å². The van der Waals surface area contributed by atoms with E-state index in [0.29, 0.717) is 25.7 Å². The zero-order valence-corrected chi connectivity index (χ0v) is 61.7. The van der Waals surface area contributed by atoms with Gasteiger partial charge in [-0.3, -0.25) is 37.3 Å². The van der Waals surface area contributed by atoms with Crippen LogP contribution < -0.4 is 0 Å². The van der Waals surface area contributed by atoms with Crippen LogP contribution in [-0.4, -0.2) is 96.7 Å². The molecule has 0 saturated carbocycles. The SMILES string of the molecule is CCCCCC/C=C\C=C/CCCCCCCC(=O)OC[C@H](COP(=O)(O)OC[C@H](O)COP(=O)(O)OC[C@@H](COC(=O)CCCCCCC/C=C\CCCCCC)OC(=O)CCCCCCCCCCCCCCC)OC(=O)CCCCCCC/C=C\CCCCCC. The Morgan fingerprint density at radius 2 is 0.521 bits per heavy atom. The Hall–Kier alpha value is -2.98. The molecule has 2 unspecified atom stereocenters. The maximum absolute atomic E-state index is 13.0. The van der Waals surface area contributed by atoms with Gasteiger partial charge in [-0.1, -0.05) is 269 Å². The van der Waals surface area contributed by atoms with E-state index in [4.69, 9.17) is 37.0 Å². The first-order valence-electron chi connectivity index (χ1n) is 37.9. The monoisotopic (exact) mass is 1370 g/mol. The van der Waals surface area contributed by atoms with Gasteiger partial charge in [0.1, 0.15) is 19.3 Å². The van der Waals surface area contributed by atoms with Crippen molar-refractivity contribution in [2.24, 2.45) is 0 Å². The van der Waals surface area contributed by atoms with Gasteiger partial charge in [0.25, 0.3) is 0 Å². The van der Waals surface area contributed by atoms with Crippen LogP contribution in [0.4, 0.5) is 0 Å². The summed E-state index contributed by atoms with van der Waals surface area (Å²) in [5, 5.41) is 10.6. The molecule has 0 fully saturated rings.